The van der Waals surface area contributed by atoms with Gasteiger partial charge in [0, 0.05) is 13.1 Å². The van der Waals surface area contributed by atoms with Crippen LogP contribution in [0.4, 0.5) is 18.0 Å². The first-order valence-electron chi connectivity index (χ1n) is 9.47. The van der Waals surface area contributed by atoms with Crippen molar-refractivity contribution in [2.24, 2.45) is 0 Å². The number of nitrogens with zero attached hydrogens (tertiary/aromatic N) is 3. The van der Waals surface area contributed by atoms with Crippen LogP contribution >= 0.6 is 0 Å². The number of urea groups is 1. The van der Waals surface area contributed by atoms with E-state index in [4.69, 9.17) is 14.7 Å². The van der Waals surface area contributed by atoms with Crippen LogP contribution in [0.1, 0.15) is 17.5 Å². The number of hydrogen-bond donors (Lipinski definition) is 1. The smallest absolute Gasteiger partial charge is 0.417 e. The van der Waals surface area contributed by atoms with Crippen LogP contribution in [0.3, 0.4) is 0 Å². The molecule has 0 aliphatic carbocycles. The van der Waals surface area contributed by atoms with Crippen LogP contribution in [0.2, 0.25) is 0 Å². The summed E-state index contributed by atoms with van der Waals surface area (Å²) in [6, 6.07) is 4.18. The second-order valence-corrected chi connectivity index (χ2v) is 7.50. The summed E-state index contributed by atoms with van der Waals surface area (Å²) in [7, 11) is 0. The molecule has 3 aliphatic heterocycles. The highest BCUT2D eigenvalue weighted by atomic mass is 19.4. The molecule has 4 rings (SSSR count). The van der Waals surface area contributed by atoms with E-state index >= 15 is 0 Å². The Kier molecular flexibility index (Phi) is 5.19. The number of nitriles is 1. The van der Waals surface area contributed by atoms with Crippen LogP contribution in [-0.4, -0.2) is 72.8 Å². The molecule has 0 bridgehead atoms. The molecule has 0 aromatic heterocycles. The number of likely N-dealkylation sites (tertiary alicyclic amines) is 2. The van der Waals surface area contributed by atoms with Crippen molar-refractivity contribution in [3.05, 3.63) is 29.3 Å². The SMILES string of the molecule is N#Cc1cc(OC2CN(C(=O)N3CC[C@@H]4OCC(=O)N[C@@H]4C3)C2)ccc1C(F)(F)F. The van der Waals surface area contributed by atoms with Gasteiger partial charge in [-0.15, -0.1) is 0 Å². The number of benzene rings is 1. The zero-order chi connectivity index (χ0) is 21.5. The van der Waals surface area contributed by atoms with Crippen LogP contribution in [0.5, 0.6) is 5.75 Å². The number of halogens is 3. The predicted octanol–water partition coefficient (Wildman–Crippen LogP) is 1.35. The van der Waals surface area contributed by atoms with Crippen LogP contribution in [-0.2, 0) is 15.7 Å². The minimum atomic E-state index is -4.61. The maximum Gasteiger partial charge on any atom is 0.417 e. The Hall–Kier alpha value is -3.00. The summed E-state index contributed by atoms with van der Waals surface area (Å²) >= 11 is 0. The number of hydrogen-bond acceptors (Lipinski definition) is 5. The van der Waals surface area contributed by atoms with E-state index in [-0.39, 0.29) is 55.6 Å². The molecule has 1 N–H and O–H groups in total. The predicted molar refractivity (Wildman–Crippen MR) is 95.4 cm³/mol. The van der Waals surface area contributed by atoms with E-state index in [0.717, 1.165) is 12.1 Å². The first kappa shape index (κ1) is 20.3. The Labute approximate surface area is 170 Å². The highest BCUT2D eigenvalue weighted by molar-refractivity contribution is 5.79. The number of fused-ring (bicyclic) bond motifs is 1. The largest absolute Gasteiger partial charge is 0.487 e. The third-order valence-electron chi connectivity index (χ3n) is 5.43. The van der Waals surface area contributed by atoms with Crippen LogP contribution in [0.15, 0.2) is 18.2 Å². The van der Waals surface area contributed by atoms with Crippen LogP contribution in [0, 0.1) is 11.3 Å². The Morgan fingerprint density at radius 3 is 2.73 bits per heavy atom. The monoisotopic (exact) mass is 424 g/mol. The van der Waals surface area contributed by atoms with Gasteiger partial charge in [-0.25, -0.2) is 4.79 Å². The van der Waals surface area contributed by atoms with Gasteiger partial charge >= 0.3 is 12.2 Å². The molecule has 1 aromatic carbocycles. The highest BCUT2D eigenvalue weighted by Crippen LogP contribution is 2.34. The van der Waals surface area contributed by atoms with Gasteiger partial charge in [0.05, 0.1) is 42.4 Å². The van der Waals surface area contributed by atoms with E-state index < -0.39 is 17.3 Å². The average molecular weight is 424 g/mol. The van der Waals surface area contributed by atoms with Crippen molar-refractivity contribution in [1.82, 2.24) is 15.1 Å². The second kappa shape index (κ2) is 7.68. The molecule has 3 amide bonds. The van der Waals surface area contributed by atoms with Crippen molar-refractivity contribution in [3.8, 4) is 11.8 Å². The average Bonchev–Trinajstić information content (AvgIpc) is 2.68. The molecule has 0 saturated carbocycles. The van der Waals surface area contributed by atoms with E-state index in [0.29, 0.717) is 19.5 Å². The number of alkyl halides is 3. The molecule has 2 atom stereocenters. The first-order valence-corrected chi connectivity index (χ1v) is 9.47. The molecule has 0 radical (unpaired) electrons. The molecular formula is C19H19F3N4O4. The lowest BCUT2D eigenvalue weighted by molar-refractivity contribution is -0.140. The number of amides is 3. The zero-order valence-corrected chi connectivity index (χ0v) is 15.8. The molecule has 30 heavy (non-hydrogen) atoms. The summed E-state index contributed by atoms with van der Waals surface area (Å²) in [6.07, 6.45) is -4.44. The van der Waals surface area contributed by atoms with Crippen LogP contribution < -0.4 is 10.1 Å². The lowest BCUT2D eigenvalue weighted by atomic mass is 10.0. The Balaban J connectivity index is 1.30. The second-order valence-electron chi connectivity index (χ2n) is 7.50. The van der Waals surface area contributed by atoms with Crippen molar-refractivity contribution in [2.45, 2.75) is 30.8 Å². The van der Waals surface area contributed by atoms with Gasteiger partial charge < -0.3 is 24.6 Å². The molecule has 0 spiro atoms. The van der Waals surface area contributed by atoms with Crippen molar-refractivity contribution >= 4 is 11.9 Å². The topological polar surface area (TPSA) is 94.9 Å². The van der Waals surface area contributed by atoms with Gasteiger partial charge in [-0.2, -0.15) is 18.4 Å². The fourth-order valence-corrected chi connectivity index (χ4v) is 3.87. The number of ether oxygens (including phenoxy) is 2. The van der Waals surface area contributed by atoms with Gasteiger partial charge in [0.1, 0.15) is 18.5 Å². The van der Waals surface area contributed by atoms with E-state index in [1.807, 2.05) is 0 Å². The Morgan fingerprint density at radius 2 is 2.03 bits per heavy atom. The molecule has 160 valence electrons. The quantitative estimate of drug-likeness (QED) is 0.774. The van der Waals surface area contributed by atoms with Gasteiger partial charge in [-0.3, -0.25) is 4.79 Å². The summed E-state index contributed by atoms with van der Waals surface area (Å²) in [6.45, 7) is 1.49. The van der Waals surface area contributed by atoms with E-state index in [1.54, 1.807) is 9.80 Å². The van der Waals surface area contributed by atoms with E-state index in [9.17, 15) is 22.8 Å². The minimum Gasteiger partial charge on any atom is -0.487 e. The summed E-state index contributed by atoms with van der Waals surface area (Å²) in [5.41, 5.74) is -1.52. The van der Waals surface area contributed by atoms with Gasteiger partial charge in [0.2, 0.25) is 5.91 Å². The molecular weight excluding hydrogens is 405 g/mol. The lowest BCUT2D eigenvalue weighted by Gasteiger charge is -2.45. The molecule has 0 unspecified atom stereocenters. The van der Waals surface area contributed by atoms with Crippen molar-refractivity contribution in [3.63, 3.8) is 0 Å². The Bertz CT molecular complexity index is 895. The third kappa shape index (κ3) is 4.00. The maximum atomic E-state index is 12.9. The zero-order valence-electron chi connectivity index (χ0n) is 15.8. The highest BCUT2D eigenvalue weighted by Gasteiger charge is 2.41. The molecule has 11 heteroatoms. The van der Waals surface area contributed by atoms with Gasteiger partial charge in [0.25, 0.3) is 0 Å². The van der Waals surface area contributed by atoms with E-state index in [1.165, 1.54) is 12.1 Å². The normalized spacial score (nSPS) is 24.4. The fraction of sp³-hybridized carbons (Fsp3) is 0.526. The molecule has 8 nitrogen and oxygen atoms in total. The van der Waals surface area contributed by atoms with E-state index in [2.05, 4.69) is 5.32 Å². The van der Waals surface area contributed by atoms with Crippen molar-refractivity contribution < 1.29 is 32.2 Å². The van der Waals surface area contributed by atoms with Gasteiger partial charge in [0.15, 0.2) is 0 Å². The molecule has 1 aromatic rings. The van der Waals surface area contributed by atoms with Gasteiger partial charge in [-0.1, -0.05) is 0 Å². The lowest BCUT2D eigenvalue weighted by Crippen LogP contribution is -2.65. The number of morpholine rings is 1. The summed E-state index contributed by atoms with van der Waals surface area (Å²) in [4.78, 5) is 27.4. The standard InChI is InChI=1S/C19H19F3N4O4/c20-19(21,22)14-2-1-12(5-11(14)6-23)30-13-7-26(8-13)18(28)25-4-3-16-15(9-25)24-17(27)10-29-16/h1-2,5,13,15-16H,3-4,7-10H2,(H,24,27)/t15-,16+/m1/s1. The van der Waals surface area contributed by atoms with Crippen LogP contribution in [0.25, 0.3) is 0 Å². The van der Waals surface area contributed by atoms with Crippen molar-refractivity contribution in [1.29, 1.82) is 5.26 Å². The van der Waals surface area contributed by atoms with Crippen molar-refractivity contribution in [2.75, 3.05) is 32.8 Å². The molecule has 3 fully saturated rings. The number of rotatable bonds is 2. The molecule has 3 heterocycles. The maximum absolute atomic E-state index is 12.9. The minimum absolute atomic E-state index is 0.0394. The number of carbonyl (C=O) groups is 2. The third-order valence-corrected chi connectivity index (χ3v) is 5.43. The van der Waals surface area contributed by atoms with Gasteiger partial charge in [-0.05, 0) is 24.6 Å². The number of piperidine rings is 1. The first-order chi connectivity index (χ1) is 14.2. The summed E-state index contributed by atoms with van der Waals surface area (Å²) in [5, 5.41) is 11.8. The number of carbonyl (C=O) groups excluding carboxylic acids is 2. The fourth-order valence-electron chi connectivity index (χ4n) is 3.87. The number of nitrogens with one attached hydrogen (secondary N) is 1. The summed E-state index contributed by atoms with van der Waals surface area (Å²) < 4.78 is 49.7. The molecule has 3 aliphatic rings. The summed E-state index contributed by atoms with van der Waals surface area (Å²) in [5.74, 6) is -0.0456. The molecule has 3 saturated heterocycles. The Morgan fingerprint density at radius 1 is 1.27 bits per heavy atom.